The molecule has 0 spiro atoms. The number of para-hydroxylation sites is 1. The summed E-state index contributed by atoms with van der Waals surface area (Å²) in [6.07, 6.45) is 0. The number of ether oxygens (including phenoxy) is 2. The molecule has 0 N–H and O–H groups in total. The van der Waals surface area contributed by atoms with Crippen LogP contribution in [0.1, 0.15) is 5.56 Å². The summed E-state index contributed by atoms with van der Waals surface area (Å²) >= 11 is 5.67. The van der Waals surface area contributed by atoms with E-state index in [1.54, 1.807) is 13.2 Å². The Morgan fingerprint density at radius 1 is 1.11 bits per heavy atom. The first-order valence-electron chi connectivity index (χ1n) is 5.40. The molecule has 0 aliphatic rings. The van der Waals surface area contributed by atoms with Crippen LogP contribution in [0.5, 0.6) is 11.5 Å². The molecule has 0 heterocycles. The lowest BCUT2D eigenvalue weighted by Gasteiger charge is -2.10. The Morgan fingerprint density at radius 3 is 2.61 bits per heavy atom. The zero-order valence-electron chi connectivity index (χ0n) is 9.82. The van der Waals surface area contributed by atoms with Crippen LogP contribution in [0, 0.1) is 5.82 Å². The van der Waals surface area contributed by atoms with Gasteiger partial charge in [0.1, 0.15) is 12.4 Å². The number of rotatable bonds is 4. The quantitative estimate of drug-likeness (QED) is 0.831. The van der Waals surface area contributed by atoms with Crippen LogP contribution in [0.3, 0.4) is 0 Å². The summed E-state index contributed by atoms with van der Waals surface area (Å²) in [7, 11) is 1.59. The molecule has 2 aromatic rings. The largest absolute Gasteiger partial charge is 0.496 e. The van der Waals surface area contributed by atoms with E-state index in [-0.39, 0.29) is 12.4 Å². The number of benzene rings is 2. The zero-order valence-corrected chi connectivity index (χ0v) is 10.6. The molecule has 0 saturated heterocycles. The normalized spacial score (nSPS) is 10.2. The molecular weight excluding hydrogens is 255 g/mol. The number of hydrogen-bond donors (Lipinski definition) is 0. The van der Waals surface area contributed by atoms with Crippen LogP contribution >= 0.6 is 11.6 Å². The van der Waals surface area contributed by atoms with Gasteiger partial charge in [0, 0.05) is 10.6 Å². The van der Waals surface area contributed by atoms with Crippen molar-refractivity contribution in [2.75, 3.05) is 7.11 Å². The number of halogens is 2. The predicted molar refractivity (Wildman–Crippen MR) is 68.7 cm³/mol. The van der Waals surface area contributed by atoms with Crippen molar-refractivity contribution in [1.29, 1.82) is 0 Å². The van der Waals surface area contributed by atoms with E-state index in [0.29, 0.717) is 10.8 Å². The lowest BCUT2D eigenvalue weighted by molar-refractivity contribution is 0.282. The molecule has 0 atom stereocenters. The second-order valence-corrected chi connectivity index (χ2v) is 4.11. The molecule has 0 aliphatic carbocycles. The standard InChI is InChI=1S/C14H12ClFO2/c1-17-13-5-3-2-4-10(13)9-18-14-7-6-11(15)8-12(14)16/h2-8H,9H2,1H3. The Balaban J connectivity index is 2.11. The van der Waals surface area contributed by atoms with Crippen molar-refractivity contribution < 1.29 is 13.9 Å². The van der Waals surface area contributed by atoms with E-state index in [4.69, 9.17) is 21.1 Å². The highest BCUT2D eigenvalue weighted by Gasteiger charge is 2.06. The third kappa shape index (κ3) is 2.93. The monoisotopic (exact) mass is 266 g/mol. The zero-order chi connectivity index (χ0) is 13.0. The van der Waals surface area contributed by atoms with Gasteiger partial charge in [-0.05, 0) is 24.3 Å². The topological polar surface area (TPSA) is 18.5 Å². The molecule has 0 saturated carbocycles. The molecule has 0 bridgehead atoms. The van der Waals surface area contributed by atoms with Crippen molar-refractivity contribution in [2.45, 2.75) is 6.61 Å². The Hall–Kier alpha value is -1.74. The summed E-state index contributed by atoms with van der Waals surface area (Å²) in [6.45, 7) is 0.239. The van der Waals surface area contributed by atoms with E-state index in [0.717, 1.165) is 5.56 Å². The van der Waals surface area contributed by atoms with Crippen LogP contribution in [0.4, 0.5) is 4.39 Å². The SMILES string of the molecule is COc1ccccc1COc1ccc(Cl)cc1F. The minimum atomic E-state index is -0.475. The Labute approximate surface area is 110 Å². The van der Waals surface area contributed by atoms with Gasteiger partial charge in [0.25, 0.3) is 0 Å². The van der Waals surface area contributed by atoms with Crippen molar-refractivity contribution >= 4 is 11.6 Å². The average molecular weight is 267 g/mol. The molecule has 4 heteroatoms. The molecule has 0 radical (unpaired) electrons. The predicted octanol–water partition coefficient (Wildman–Crippen LogP) is 4.07. The van der Waals surface area contributed by atoms with Gasteiger partial charge in [-0.15, -0.1) is 0 Å². The van der Waals surface area contributed by atoms with Gasteiger partial charge in [0.15, 0.2) is 11.6 Å². The molecule has 0 aliphatic heterocycles. The van der Waals surface area contributed by atoms with E-state index >= 15 is 0 Å². The van der Waals surface area contributed by atoms with Gasteiger partial charge in [-0.25, -0.2) is 4.39 Å². The lowest BCUT2D eigenvalue weighted by atomic mass is 10.2. The van der Waals surface area contributed by atoms with Crippen LogP contribution < -0.4 is 9.47 Å². The first-order chi connectivity index (χ1) is 8.70. The third-order valence-electron chi connectivity index (χ3n) is 2.47. The van der Waals surface area contributed by atoms with E-state index in [9.17, 15) is 4.39 Å². The van der Waals surface area contributed by atoms with Gasteiger partial charge >= 0.3 is 0 Å². The molecule has 0 unspecified atom stereocenters. The average Bonchev–Trinajstić information content (AvgIpc) is 2.38. The fourth-order valence-corrected chi connectivity index (χ4v) is 1.73. The highest BCUT2D eigenvalue weighted by molar-refractivity contribution is 6.30. The van der Waals surface area contributed by atoms with Crippen LogP contribution in [-0.2, 0) is 6.61 Å². The van der Waals surface area contributed by atoms with E-state index in [2.05, 4.69) is 0 Å². The van der Waals surface area contributed by atoms with Crippen LogP contribution in [0.15, 0.2) is 42.5 Å². The fraction of sp³-hybridized carbons (Fsp3) is 0.143. The van der Waals surface area contributed by atoms with E-state index < -0.39 is 5.82 Å². The molecule has 2 nitrogen and oxygen atoms in total. The van der Waals surface area contributed by atoms with Gasteiger partial charge in [-0.3, -0.25) is 0 Å². The van der Waals surface area contributed by atoms with Crippen molar-refractivity contribution in [3.05, 3.63) is 58.9 Å². The van der Waals surface area contributed by atoms with Crippen molar-refractivity contribution in [1.82, 2.24) is 0 Å². The summed E-state index contributed by atoms with van der Waals surface area (Å²) in [5.74, 6) is 0.412. The molecule has 2 rings (SSSR count). The molecular formula is C14H12ClFO2. The summed E-state index contributed by atoms with van der Waals surface area (Å²) in [5, 5.41) is 0.345. The Kier molecular flexibility index (Phi) is 4.05. The maximum absolute atomic E-state index is 13.5. The number of methoxy groups -OCH3 is 1. The second-order valence-electron chi connectivity index (χ2n) is 3.68. The smallest absolute Gasteiger partial charge is 0.166 e. The summed E-state index contributed by atoms with van der Waals surface area (Å²) in [6, 6.07) is 11.8. The van der Waals surface area contributed by atoms with Gasteiger partial charge in [0.05, 0.1) is 7.11 Å². The van der Waals surface area contributed by atoms with Crippen LogP contribution in [0.25, 0.3) is 0 Å². The molecule has 0 fully saturated rings. The molecule has 94 valence electrons. The van der Waals surface area contributed by atoms with Crippen molar-refractivity contribution in [3.63, 3.8) is 0 Å². The molecule has 0 aromatic heterocycles. The van der Waals surface area contributed by atoms with Gasteiger partial charge in [-0.1, -0.05) is 29.8 Å². The summed E-state index contributed by atoms with van der Waals surface area (Å²) < 4.78 is 24.1. The minimum Gasteiger partial charge on any atom is -0.496 e. The second kappa shape index (κ2) is 5.74. The first kappa shape index (κ1) is 12.7. The van der Waals surface area contributed by atoms with Crippen LogP contribution in [-0.4, -0.2) is 7.11 Å². The first-order valence-corrected chi connectivity index (χ1v) is 5.78. The van der Waals surface area contributed by atoms with Gasteiger partial charge in [-0.2, -0.15) is 0 Å². The maximum Gasteiger partial charge on any atom is 0.166 e. The lowest BCUT2D eigenvalue weighted by Crippen LogP contribution is -1.99. The summed E-state index contributed by atoms with van der Waals surface area (Å²) in [4.78, 5) is 0. The Bertz CT molecular complexity index is 543. The third-order valence-corrected chi connectivity index (χ3v) is 2.70. The van der Waals surface area contributed by atoms with E-state index in [1.807, 2.05) is 24.3 Å². The molecule has 2 aromatic carbocycles. The molecule has 0 amide bonds. The Morgan fingerprint density at radius 2 is 1.89 bits per heavy atom. The minimum absolute atomic E-state index is 0.172. The summed E-state index contributed by atoms with van der Waals surface area (Å²) in [5.41, 5.74) is 0.856. The highest BCUT2D eigenvalue weighted by atomic mass is 35.5. The van der Waals surface area contributed by atoms with Gasteiger partial charge in [0.2, 0.25) is 0 Å². The maximum atomic E-state index is 13.5. The van der Waals surface area contributed by atoms with Crippen molar-refractivity contribution in [2.24, 2.45) is 0 Å². The van der Waals surface area contributed by atoms with Crippen LogP contribution in [0.2, 0.25) is 5.02 Å². The van der Waals surface area contributed by atoms with E-state index in [1.165, 1.54) is 12.1 Å². The van der Waals surface area contributed by atoms with Gasteiger partial charge < -0.3 is 9.47 Å². The highest BCUT2D eigenvalue weighted by Crippen LogP contribution is 2.24. The molecule has 18 heavy (non-hydrogen) atoms. The van der Waals surface area contributed by atoms with Crippen molar-refractivity contribution in [3.8, 4) is 11.5 Å². The fourth-order valence-electron chi connectivity index (χ4n) is 1.57. The number of hydrogen-bond acceptors (Lipinski definition) is 2.